The number of halogens is 4. The molecule has 0 N–H and O–H groups in total. The maximum absolute atomic E-state index is 12.0. The van der Waals surface area contributed by atoms with Crippen molar-refractivity contribution in [2.75, 3.05) is 7.11 Å². The van der Waals surface area contributed by atoms with Crippen LogP contribution in [-0.4, -0.2) is 19.7 Å². The van der Waals surface area contributed by atoms with Gasteiger partial charge in [0.25, 0.3) is 0 Å². The van der Waals surface area contributed by atoms with Crippen molar-refractivity contribution in [1.82, 2.24) is 0 Å². The smallest absolute Gasteiger partial charge is 0.387 e. The Balaban J connectivity index is 2.96. The molecule has 0 atom stereocenters. The van der Waals surface area contributed by atoms with Crippen molar-refractivity contribution in [2.24, 2.45) is 0 Å². The molecular formula is C10H8Cl2F2O3. The van der Waals surface area contributed by atoms with Gasteiger partial charge < -0.3 is 9.47 Å². The van der Waals surface area contributed by atoms with Gasteiger partial charge in [-0.1, -0.05) is 23.2 Å². The zero-order valence-electron chi connectivity index (χ0n) is 8.68. The molecule has 1 aromatic rings. The van der Waals surface area contributed by atoms with Gasteiger partial charge in [-0.15, -0.1) is 0 Å². The fraction of sp³-hybridized carbons (Fsp3) is 0.300. The molecule has 17 heavy (non-hydrogen) atoms. The number of benzene rings is 1. The highest BCUT2D eigenvalue weighted by Gasteiger charge is 2.14. The molecular weight excluding hydrogens is 277 g/mol. The van der Waals surface area contributed by atoms with Gasteiger partial charge >= 0.3 is 12.6 Å². The average molecular weight is 285 g/mol. The van der Waals surface area contributed by atoms with E-state index in [0.29, 0.717) is 5.56 Å². The summed E-state index contributed by atoms with van der Waals surface area (Å²) in [6.45, 7) is -2.99. The highest BCUT2D eigenvalue weighted by atomic mass is 35.5. The van der Waals surface area contributed by atoms with Crippen molar-refractivity contribution in [2.45, 2.75) is 13.0 Å². The molecule has 0 fully saturated rings. The van der Waals surface area contributed by atoms with E-state index < -0.39 is 12.6 Å². The van der Waals surface area contributed by atoms with Crippen LogP contribution < -0.4 is 4.74 Å². The second-order valence-corrected chi connectivity index (χ2v) is 3.82. The molecule has 0 spiro atoms. The molecule has 94 valence electrons. The van der Waals surface area contributed by atoms with Crippen LogP contribution in [0.3, 0.4) is 0 Å². The Hall–Kier alpha value is -1.07. The molecule has 3 nitrogen and oxygen atoms in total. The Labute approximate surface area is 106 Å². The largest absolute Gasteiger partial charge is 0.469 e. The highest BCUT2D eigenvalue weighted by molar-refractivity contribution is 6.34. The van der Waals surface area contributed by atoms with E-state index in [1.807, 2.05) is 0 Å². The Bertz CT molecular complexity index is 424. The van der Waals surface area contributed by atoms with Crippen molar-refractivity contribution in [1.29, 1.82) is 0 Å². The number of carbonyl (C=O) groups is 1. The van der Waals surface area contributed by atoms with E-state index in [0.717, 1.165) is 6.07 Å². The zero-order chi connectivity index (χ0) is 13.0. The minimum absolute atomic E-state index is 0.0476. The Kier molecular flexibility index (Phi) is 4.96. The van der Waals surface area contributed by atoms with Crippen molar-refractivity contribution in [3.8, 4) is 5.75 Å². The third-order valence-electron chi connectivity index (χ3n) is 1.88. The molecule has 0 unspecified atom stereocenters. The summed E-state index contributed by atoms with van der Waals surface area (Å²) in [5.74, 6) is -0.745. The Morgan fingerprint density at radius 1 is 1.35 bits per heavy atom. The molecule has 0 radical (unpaired) electrons. The summed E-state index contributed by atoms with van der Waals surface area (Å²) in [6.07, 6.45) is -0.0932. The van der Waals surface area contributed by atoms with Crippen molar-refractivity contribution < 1.29 is 23.0 Å². The van der Waals surface area contributed by atoms with Crippen LogP contribution in [0.25, 0.3) is 0 Å². The maximum atomic E-state index is 12.0. The van der Waals surface area contributed by atoms with E-state index >= 15 is 0 Å². The van der Waals surface area contributed by atoms with E-state index in [-0.39, 0.29) is 22.2 Å². The fourth-order valence-corrected chi connectivity index (χ4v) is 1.57. The number of carbonyl (C=O) groups excluding carboxylic acids is 1. The second-order valence-electron chi connectivity index (χ2n) is 3.01. The normalized spacial score (nSPS) is 10.5. The van der Waals surface area contributed by atoms with Crippen LogP contribution in [0.1, 0.15) is 5.56 Å². The van der Waals surface area contributed by atoms with Gasteiger partial charge in [0.1, 0.15) is 5.75 Å². The van der Waals surface area contributed by atoms with Crippen LogP contribution in [0.15, 0.2) is 12.1 Å². The molecule has 1 rings (SSSR count). The first-order valence-electron chi connectivity index (χ1n) is 4.43. The monoisotopic (exact) mass is 284 g/mol. The standard InChI is InChI=1S/C10H8Cl2F2O3/c1-16-9(15)3-5-2-7(12)8(4-6(5)11)17-10(13)14/h2,4,10H,3H2,1H3. The SMILES string of the molecule is COC(=O)Cc1cc(Cl)c(OC(F)F)cc1Cl. The topological polar surface area (TPSA) is 35.5 Å². The summed E-state index contributed by atoms with van der Waals surface area (Å²) in [5.41, 5.74) is 0.380. The summed E-state index contributed by atoms with van der Waals surface area (Å²) < 4.78 is 32.6. The van der Waals surface area contributed by atoms with Crippen LogP contribution in [0.2, 0.25) is 10.0 Å². The van der Waals surface area contributed by atoms with Gasteiger partial charge in [-0.05, 0) is 11.6 Å². The van der Waals surface area contributed by atoms with Gasteiger partial charge in [-0.2, -0.15) is 8.78 Å². The third-order valence-corrected chi connectivity index (χ3v) is 2.53. The molecule has 0 heterocycles. The van der Waals surface area contributed by atoms with Crippen molar-refractivity contribution in [3.63, 3.8) is 0 Å². The molecule has 0 bridgehead atoms. The van der Waals surface area contributed by atoms with Gasteiger partial charge in [0.2, 0.25) is 0 Å². The number of alkyl halides is 2. The first-order chi connectivity index (χ1) is 7.93. The van der Waals surface area contributed by atoms with Crippen LogP contribution in [0, 0.1) is 0 Å². The molecule has 7 heteroatoms. The van der Waals surface area contributed by atoms with Crippen LogP contribution in [0.5, 0.6) is 5.75 Å². The summed E-state index contributed by atoms with van der Waals surface area (Å²) in [4.78, 5) is 11.0. The lowest BCUT2D eigenvalue weighted by atomic mass is 10.1. The van der Waals surface area contributed by atoms with E-state index in [1.54, 1.807) is 0 Å². The summed E-state index contributed by atoms with van der Waals surface area (Å²) in [5, 5.41) is 0.0593. The number of rotatable bonds is 4. The number of hydrogen-bond acceptors (Lipinski definition) is 3. The molecule has 0 aliphatic rings. The number of methoxy groups -OCH3 is 1. The molecule has 0 saturated heterocycles. The predicted molar refractivity (Wildman–Crippen MR) is 58.8 cm³/mol. The van der Waals surface area contributed by atoms with E-state index in [2.05, 4.69) is 9.47 Å². The predicted octanol–water partition coefficient (Wildman–Crippen LogP) is 3.31. The first-order valence-corrected chi connectivity index (χ1v) is 5.19. The number of ether oxygens (including phenoxy) is 2. The van der Waals surface area contributed by atoms with Gasteiger partial charge in [0, 0.05) is 11.1 Å². The number of esters is 1. The first kappa shape index (κ1) is 14.0. The third kappa shape index (κ3) is 4.02. The molecule has 0 aromatic heterocycles. The Morgan fingerprint density at radius 3 is 2.53 bits per heavy atom. The van der Waals surface area contributed by atoms with E-state index in [9.17, 15) is 13.6 Å². The second kappa shape index (κ2) is 6.02. The zero-order valence-corrected chi connectivity index (χ0v) is 10.2. The van der Waals surface area contributed by atoms with Crippen LogP contribution in [-0.2, 0) is 16.0 Å². The lowest BCUT2D eigenvalue weighted by molar-refractivity contribution is -0.139. The highest BCUT2D eigenvalue weighted by Crippen LogP contribution is 2.32. The van der Waals surface area contributed by atoms with Crippen molar-refractivity contribution >= 4 is 29.2 Å². The van der Waals surface area contributed by atoms with E-state index in [4.69, 9.17) is 23.2 Å². The van der Waals surface area contributed by atoms with Gasteiger partial charge in [0.05, 0.1) is 18.6 Å². The molecule has 0 amide bonds. The van der Waals surface area contributed by atoms with Gasteiger partial charge in [0.15, 0.2) is 0 Å². The van der Waals surface area contributed by atoms with Crippen molar-refractivity contribution in [3.05, 3.63) is 27.7 Å². The molecule has 0 saturated carbocycles. The maximum Gasteiger partial charge on any atom is 0.387 e. The fourth-order valence-electron chi connectivity index (χ4n) is 1.12. The minimum atomic E-state index is -2.99. The Morgan fingerprint density at radius 2 is 2.00 bits per heavy atom. The molecule has 1 aromatic carbocycles. The minimum Gasteiger partial charge on any atom is -0.469 e. The molecule has 0 aliphatic carbocycles. The lowest BCUT2D eigenvalue weighted by Gasteiger charge is -2.10. The van der Waals surface area contributed by atoms with Crippen LogP contribution >= 0.6 is 23.2 Å². The van der Waals surface area contributed by atoms with Gasteiger partial charge in [-0.3, -0.25) is 4.79 Å². The quantitative estimate of drug-likeness (QED) is 0.796. The average Bonchev–Trinajstić information content (AvgIpc) is 2.24. The van der Waals surface area contributed by atoms with Crippen LogP contribution in [0.4, 0.5) is 8.78 Å². The number of hydrogen-bond donors (Lipinski definition) is 0. The summed E-state index contributed by atoms with van der Waals surface area (Å²) in [7, 11) is 1.23. The lowest BCUT2D eigenvalue weighted by Crippen LogP contribution is -2.06. The molecule has 0 aliphatic heterocycles. The van der Waals surface area contributed by atoms with Gasteiger partial charge in [-0.25, -0.2) is 0 Å². The summed E-state index contributed by atoms with van der Waals surface area (Å²) in [6, 6.07) is 2.42. The van der Waals surface area contributed by atoms with E-state index in [1.165, 1.54) is 13.2 Å². The summed E-state index contributed by atoms with van der Waals surface area (Å²) >= 11 is 11.5.